The smallest absolute Gasteiger partial charge is 0.189 e. The van der Waals surface area contributed by atoms with Gasteiger partial charge in [-0.2, -0.15) is 0 Å². The molecule has 2 heterocycles. The quantitative estimate of drug-likeness (QED) is 0.106. The van der Waals surface area contributed by atoms with Gasteiger partial charge in [-0.05, 0) is 62.6 Å². The molecule has 0 radical (unpaired) electrons. The van der Waals surface area contributed by atoms with Gasteiger partial charge in [-0.15, -0.1) is 0 Å². The molecule has 1 spiro atoms. The summed E-state index contributed by atoms with van der Waals surface area (Å²) in [6.07, 6.45) is 6.52. The minimum Gasteiger partial charge on any atom is -0.482 e. The van der Waals surface area contributed by atoms with E-state index in [9.17, 15) is 5.11 Å². The number of nitrogens with zero attached hydrogens (tertiary/aromatic N) is 1. The van der Waals surface area contributed by atoms with E-state index in [1.807, 2.05) is 6.07 Å². The van der Waals surface area contributed by atoms with Crippen LogP contribution in [0.3, 0.4) is 0 Å². The van der Waals surface area contributed by atoms with E-state index in [4.69, 9.17) is 52.1 Å². The summed E-state index contributed by atoms with van der Waals surface area (Å²) in [6.45, 7) is 9.24. The third-order valence-electron chi connectivity index (χ3n) is 11.4. The van der Waals surface area contributed by atoms with Crippen molar-refractivity contribution in [2.75, 3.05) is 127 Å². The SMILES string of the molecule is COCCOCCOCCOCCOCCOCCO[C@H]1CC[C@@]2(O)[C@H]3Cc4ccc(OCOCCOC)c5c4[C@@]2(CCN3CC2CCC2)C1O5. The number of methoxy groups -OCH3 is 2. The van der Waals surface area contributed by atoms with Crippen molar-refractivity contribution >= 4 is 0 Å². The van der Waals surface area contributed by atoms with Crippen molar-refractivity contribution in [3.8, 4) is 11.5 Å². The fourth-order valence-corrected chi connectivity index (χ4v) is 8.77. The van der Waals surface area contributed by atoms with Crippen molar-refractivity contribution in [1.82, 2.24) is 4.90 Å². The molecular weight excluding hydrogens is 662 g/mol. The Hall–Kier alpha value is -1.62. The van der Waals surface area contributed by atoms with Crippen molar-refractivity contribution in [2.24, 2.45) is 5.92 Å². The Balaban J connectivity index is 0.959. The molecule has 290 valence electrons. The molecule has 13 heteroatoms. The number of aliphatic hydroxyl groups is 1. The standard InChI is InChI=1S/C38H61NO12/c1-41-12-14-43-16-17-44-18-19-45-20-21-46-22-23-47-24-25-49-32-8-9-38(40)33-26-30-6-7-31(50-28-48-15-13-42-2)35-34(30)37(38,36(32)51-35)10-11-39(33)27-29-4-3-5-29/h6-7,29,32-33,36,40H,3-5,8-28H2,1-2H3/t32-,33+,36?,37-,38+/m0/s1. The molecule has 1 N–H and O–H groups in total. The molecule has 6 rings (SSSR count). The fourth-order valence-electron chi connectivity index (χ4n) is 8.77. The first kappa shape index (κ1) is 39.1. The van der Waals surface area contributed by atoms with Crippen molar-refractivity contribution in [3.05, 3.63) is 23.3 Å². The summed E-state index contributed by atoms with van der Waals surface area (Å²) in [4.78, 5) is 2.60. The maximum absolute atomic E-state index is 12.9. The van der Waals surface area contributed by atoms with Gasteiger partial charge >= 0.3 is 0 Å². The van der Waals surface area contributed by atoms with Crippen LogP contribution in [0.25, 0.3) is 0 Å². The molecule has 1 aromatic carbocycles. The number of piperidine rings is 1. The minimum atomic E-state index is -0.894. The highest BCUT2D eigenvalue weighted by molar-refractivity contribution is 5.63. The first-order valence-corrected chi connectivity index (χ1v) is 19.1. The normalized spacial score (nSPS) is 28.0. The second-order valence-electron chi connectivity index (χ2n) is 14.3. The Kier molecular flexibility index (Phi) is 15.0. The average molecular weight is 724 g/mol. The molecule has 2 aliphatic heterocycles. The van der Waals surface area contributed by atoms with Crippen LogP contribution < -0.4 is 9.47 Å². The van der Waals surface area contributed by atoms with Crippen LogP contribution in [0.2, 0.25) is 0 Å². The number of ether oxygens (including phenoxy) is 11. The van der Waals surface area contributed by atoms with Gasteiger partial charge in [0.15, 0.2) is 18.3 Å². The Labute approximate surface area is 303 Å². The molecule has 1 saturated heterocycles. The molecule has 13 nitrogen and oxygen atoms in total. The highest BCUT2D eigenvalue weighted by atomic mass is 16.7. The molecule has 2 saturated carbocycles. The van der Waals surface area contributed by atoms with Crippen molar-refractivity contribution in [1.29, 1.82) is 0 Å². The molecule has 1 aromatic rings. The van der Waals surface area contributed by atoms with Crippen LogP contribution in [-0.2, 0) is 54.5 Å². The lowest BCUT2D eigenvalue weighted by Gasteiger charge is -2.64. The third-order valence-corrected chi connectivity index (χ3v) is 11.4. The van der Waals surface area contributed by atoms with E-state index in [2.05, 4.69) is 11.0 Å². The van der Waals surface area contributed by atoms with Crippen LogP contribution in [0.5, 0.6) is 11.5 Å². The molecule has 0 amide bonds. The molecular formula is C38H61NO12. The number of hydrogen-bond donors (Lipinski definition) is 1. The highest BCUT2D eigenvalue weighted by Crippen LogP contribution is 2.66. The van der Waals surface area contributed by atoms with Crippen LogP contribution in [0, 0.1) is 5.92 Å². The van der Waals surface area contributed by atoms with Crippen molar-refractivity contribution in [2.45, 2.75) is 74.2 Å². The zero-order valence-corrected chi connectivity index (χ0v) is 30.8. The Morgan fingerprint density at radius 2 is 1.35 bits per heavy atom. The van der Waals surface area contributed by atoms with Crippen LogP contribution in [0.15, 0.2) is 12.1 Å². The second kappa shape index (κ2) is 19.6. The minimum absolute atomic E-state index is 0.0695. The summed E-state index contributed by atoms with van der Waals surface area (Å²) >= 11 is 0. The molecule has 2 bridgehead atoms. The van der Waals surface area contributed by atoms with E-state index in [0.29, 0.717) is 105 Å². The van der Waals surface area contributed by atoms with Crippen LogP contribution in [0.4, 0.5) is 0 Å². The van der Waals surface area contributed by atoms with Crippen LogP contribution in [-0.4, -0.2) is 160 Å². The Morgan fingerprint density at radius 3 is 1.96 bits per heavy atom. The molecule has 0 aromatic heterocycles. The summed E-state index contributed by atoms with van der Waals surface area (Å²) < 4.78 is 63.1. The number of hydrogen-bond acceptors (Lipinski definition) is 13. The Morgan fingerprint density at radius 1 is 0.745 bits per heavy atom. The van der Waals surface area contributed by atoms with Crippen LogP contribution in [0.1, 0.15) is 49.7 Å². The van der Waals surface area contributed by atoms with Gasteiger partial charge in [0.25, 0.3) is 0 Å². The molecule has 3 fully saturated rings. The van der Waals surface area contributed by atoms with Crippen LogP contribution >= 0.6 is 0 Å². The maximum atomic E-state index is 12.9. The number of likely N-dealkylation sites (tertiary alicyclic amines) is 1. The first-order chi connectivity index (χ1) is 25.1. The molecule has 1 unspecified atom stereocenters. The topological polar surface area (TPSA) is 125 Å². The van der Waals surface area contributed by atoms with Crippen molar-refractivity contribution < 1.29 is 57.2 Å². The van der Waals surface area contributed by atoms with Gasteiger partial charge in [0.2, 0.25) is 0 Å². The molecule has 5 atom stereocenters. The third kappa shape index (κ3) is 9.03. The van der Waals surface area contributed by atoms with E-state index < -0.39 is 11.0 Å². The van der Waals surface area contributed by atoms with E-state index in [1.165, 1.54) is 24.8 Å². The van der Waals surface area contributed by atoms with Gasteiger partial charge < -0.3 is 57.2 Å². The predicted molar refractivity (Wildman–Crippen MR) is 187 cm³/mol. The second-order valence-corrected chi connectivity index (χ2v) is 14.3. The largest absolute Gasteiger partial charge is 0.482 e. The molecule has 5 aliphatic rings. The van der Waals surface area contributed by atoms with Gasteiger partial charge in [-0.3, -0.25) is 4.90 Å². The number of rotatable bonds is 27. The monoisotopic (exact) mass is 723 g/mol. The fraction of sp³-hybridized carbons (Fsp3) is 0.842. The van der Waals surface area contributed by atoms with E-state index in [1.54, 1.807) is 14.2 Å². The predicted octanol–water partition coefficient (Wildman–Crippen LogP) is 2.75. The lowest BCUT2D eigenvalue weighted by Crippen LogP contribution is -2.77. The summed E-state index contributed by atoms with van der Waals surface area (Å²) in [5.41, 5.74) is 0.951. The van der Waals surface area contributed by atoms with Gasteiger partial charge in [-0.25, -0.2) is 0 Å². The highest BCUT2D eigenvalue weighted by Gasteiger charge is 2.73. The van der Waals surface area contributed by atoms with Gasteiger partial charge in [0.1, 0.15) is 6.10 Å². The van der Waals surface area contributed by atoms with Gasteiger partial charge in [0.05, 0.1) is 110 Å². The Bertz CT molecular complexity index is 1190. The lowest BCUT2D eigenvalue weighted by atomic mass is 9.48. The van der Waals surface area contributed by atoms with Gasteiger partial charge in [0, 0.05) is 32.4 Å². The average Bonchev–Trinajstić information content (AvgIpc) is 3.47. The van der Waals surface area contributed by atoms with Gasteiger partial charge in [-0.1, -0.05) is 12.5 Å². The van der Waals surface area contributed by atoms with Crippen molar-refractivity contribution in [3.63, 3.8) is 0 Å². The molecule has 3 aliphatic carbocycles. The zero-order valence-electron chi connectivity index (χ0n) is 30.8. The summed E-state index contributed by atoms with van der Waals surface area (Å²) in [5.74, 6) is 2.16. The summed E-state index contributed by atoms with van der Waals surface area (Å²) in [6, 6.07) is 4.26. The maximum Gasteiger partial charge on any atom is 0.189 e. The van der Waals surface area contributed by atoms with E-state index in [0.717, 1.165) is 49.6 Å². The summed E-state index contributed by atoms with van der Waals surface area (Å²) in [5, 5.41) is 12.9. The zero-order chi connectivity index (χ0) is 35.4. The first-order valence-electron chi connectivity index (χ1n) is 19.1. The van der Waals surface area contributed by atoms with E-state index in [-0.39, 0.29) is 25.0 Å². The molecule has 51 heavy (non-hydrogen) atoms. The van der Waals surface area contributed by atoms with E-state index >= 15 is 0 Å². The lowest BCUT2D eigenvalue weighted by molar-refractivity contribution is -0.218. The summed E-state index contributed by atoms with van der Waals surface area (Å²) in [7, 11) is 3.30. The number of benzene rings is 1.